The zero-order chi connectivity index (χ0) is 15.3. The van der Waals surface area contributed by atoms with Gasteiger partial charge in [-0.3, -0.25) is 0 Å². The number of anilines is 2. The molecule has 0 saturated heterocycles. The number of benzene rings is 2. The minimum atomic E-state index is -3.40. The fourth-order valence-corrected chi connectivity index (χ4v) is 2.96. The smallest absolute Gasteiger partial charge is 0.240 e. The van der Waals surface area contributed by atoms with E-state index in [9.17, 15) is 8.42 Å². The zero-order valence-corrected chi connectivity index (χ0v) is 12.7. The van der Waals surface area contributed by atoms with Crippen LogP contribution in [-0.4, -0.2) is 15.0 Å². The number of hydrogen-bond acceptors (Lipinski definition) is 4. The van der Waals surface area contributed by atoms with Crippen molar-refractivity contribution in [1.29, 1.82) is 0 Å². The second kappa shape index (κ2) is 6.60. The molecular formula is C15H19N3O2S. The number of nitrogen functional groups attached to an aromatic ring is 1. The van der Waals surface area contributed by atoms with E-state index in [1.165, 1.54) is 0 Å². The van der Waals surface area contributed by atoms with Gasteiger partial charge in [0.2, 0.25) is 10.0 Å². The molecular weight excluding hydrogens is 286 g/mol. The predicted octanol–water partition coefficient (Wildman–Crippen LogP) is 2.18. The summed E-state index contributed by atoms with van der Waals surface area (Å²) in [5.41, 5.74) is 8.45. The third kappa shape index (κ3) is 3.96. The fraction of sp³-hybridized carbons (Fsp3) is 0.200. The standard InChI is InChI=1S/C15H19N3O2S/c1-2-18-21(19,20)14-9-7-13(8-10-14)17-11-12-5-3-4-6-15(12)16/h3-10,17-18H,2,11,16H2,1H3. The second-order valence-electron chi connectivity index (χ2n) is 4.58. The van der Waals surface area contributed by atoms with Gasteiger partial charge in [-0.15, -0.1) is 0 Å². The summed E-state index contributed by atoms with van der Waals surface area (Å²) >= 11 is 0. The molecule has 0 atom stereocenters. The fourth-order valence-electron chi connectivity index (χ4n) is 1.92. The van der Waals surface area contributed by atoms with Crippen molar-refractivity contribution in [2.75, 3.05) is 17.6 Å². The first-order valence-electron chi connectivity index (χ1n) is 6.70. The Bertz CT molecular complexity index is 697. The summed E-state index contributed by atoms with van der Waals surface area (Å²) in [7, 11) is -3.40. The molecule has 0 spiro atoms. The predicted molar refractivity (Wildman–Crippen MR) is 85.5 cm³/mol. The van der Waals surface area contributed by atoms with E-state index < -0.39 is 10.0 Å². The van der Waals surface area contributed by atoms with Gasteiger partial charge in [0.1, 0.15) is 0 Å². The lowest BCUT2D eigenvalue weighted by Crippen LogP contribution is -2.23. The maximum absolute atomic E-state index is 11.8. The monoisotopic (exact) mass is 305 g/mol. The Balaban J connectivity index is 2.05. The molecule has 6 heteroatoms. The normalized spacial score (nSPS) is 11.3. The van der Waals surface area contributed by atoms with Crippen LogP contribution >= 0.6 is 0 Å². The quantitative estimate of drug-likeness (QED) is 0.714. The molecule has 2 aromatic rings. The van der Waals surface area contributed by atoms with Crippen LogP contribution in [-0.2, 0) is 16.6 Å². The number of para-hydroxylation sites is 1. The van der Waals surface area contributed by atoms with Gasteiger partial charge < -0.3 is 11.1 Å². The second-order valence-corrected chi connectivity index (χ2v) is 6.35. The highest BCUT2D eigenvalue weighted by Crippen LogP contribution is 2.16. The number of nitrogens with one attached hydrogen (secondary N) is 2. The van der Waals surface area contributed by atoms with Crippen LogP contribution in [0.5, 0.6) is 0 Å². The largest absolute Gasteiger partial charge is 0.398 e. The molecule has 0 aliphatic carbocycles. The van der Waals surface area contributed by atoms with Crippen LogP contribution in [0.3, 0.4) is 0 Å². The van der Waals surface area contributed by atoms with Crippen molar-refractivity contribution in [1.82, 2.24) is 4.72 Å². The van der Waals surface area contributed by atoms with E-state index in [0.717, 1.165) is 16.9 Å². The van der Waals surface area contributed by atoms with Crippen LogP contribution in [0.2, 0.25) is 0 Å². The van der Waals surface area contributed by atoms with E-state index >= 15 is 0 Å². The summed E-state index contributed by atoms with van der Waals surface area (Å²) in [5, 5.41) is 3.22. The number of rotatable bonds is 6. The van der Waals surface area contributed by atoms with E-state index in [1.54, 1.807) is 31.2 Å². The van der Waals surface area contributed by atoms with Gasteiger partial charge in [-0.25, -0.2) is 13.1 Å². The van der Waals surface area contributed by atoms with Crippen molar-refractivity contribution in [2.45, 2.75) is 18.4 Å². The summed E-state index contributed by atoms with van der Waals surface area (Å²) in [6, 6.07) is 14.3. The lowest BCUT2D eigenvalue weighted by Gasteiger charge is -2.10. The first-order chi connectivity index (χ1) is 10.0. The molecule has 21 heavy (non-hydrogen) atoms. The summed E-state index contributed by atoms with van der Waals surface area (Å²) in [4.78, 5) is 0.258. The molecule has 5 nitrogen and oxygen atoms in total. The van der Waals surface area contributed by atoms with E-state index in [1.807, 2.05) is 24.3 Å². The maximum atomic E-state index is 11.8. The molecule has 0 unspecified atom stereocenters. The van der Waals surface area contributed by atoms with Crippen LogP contribution in [0.25, 0.3) is 0 Å². The number of hydrogen-bond donors (Lipinski definition) is 3. The molecule has 0 fully saturated rings. The van der Waals surface area contributed by atoms with Crippen LogP contribution < -0.4 is 15.8 Å². The Morgan fingerprint density at radius 3 is 2.33 bits per heavy atom. The zero-order valence-electron chi connectivity index (χ0n) is 11.8. The molecule has 4 N–H and O–H groups in total. The molecule has 0 heterocycles. The minimum absolute atomic E-state index is 0.258. The Morgan fingerprint density at radius 2 is 1.71 bits per heavy atom. The van der Waals surface area contributed by atoms with Crippen molar-refractivity contribution in [3.05, 3.63) is 54.1 Å². The lowest BCUT2D eigenvalue weighted by molar-refractivity contribution is 0.584. The molecule has 0 radical (unpaired) electrons. The van der Waals surface area contributed by atoms with Gasteiger partial charge in [-0.05, 0) is 35.9 Å². The molecule has 2 rings (SSSR count). The van der Waals surface area contributed by atoms with Crippen LogP contribution in [0.4, 0.5) is 11.4 Å². The Labute approximate surface area is 125 Å². The summed E-state index contributed by atoms with van der Waals surface area (Å²) in [5.74, 6) is 0. The van der Waals surface area contributed by atoms with E-state index in [2.05, 4.69) is 10.0 Å². The molecule has 0 aliphatic rings. The average Bonchev–Trinajstić information content (AvgIpc) is 2.47. The van der Waals surface area contributed by atoms with Gasteiger partial charge in [0.25, 0.3) is 0 Å². The van der Waals surface area contributed by atoms with Crippen LogP contribution in [0.1, 0.15) is 12.5 Å². The molecule has 112 valence electrons. The Hall–Kier alpha value is -2.05. The molecule has 2 aromatic carbocycles. The van der Waals surface area contributed by atoms with Gasteiger partial charge in [0, 0.05) is 24.5 Å². The van der Waals surface area contributed by atoms with E-state index in [-0.39, 0.29) is 4.90 Å². The summed E-state index contributed by atoms with van der Waals surface area (Å²) in [6.45, 7) is 2.71. The molecule has 0 amide bonds. The molecule has 0 aromatic heterocycles. The highest BCUT2D eigenvalue weighted by molar-refractivity contribution is 7.89. The number of nitrogens with two attached hydrogens (primary N) is 1. The minimum Gasteiger partial charge on any atom is -0.398 e. The first-order valence-corrected chi connectivity index (χ1v) is 8.18. The third-order valence-electron chi connectivity index (χ3n) is 3.04. The van der Waals surface area contributed by atoms with E-state index in [4.69, 9.17) is 5.73 Å². The SMILES string of the molecule is CCNS(=O)(=O)c1ccc(NCc2ccccc2N)cc1. The molecule has 0 saturated carbocycles. The van der Waals surface area contributed by atoms with E-state index in [0.29, 0.717) is 13.1 Å². The van der Waals surface area contributed by atoms with Crippen molar-refractivity contribution in [3.8, 4) is 0 Å². The topological polar surface area (TPSA) is 84.2 Å². The highest BCUT2D eigenvalue weighted by Gasteiger charge is 2.11. The maximum Gasteiger partial charge on any atom is 0.240 e. The number of sulfonamides is 1. The summed E-state index contributed by atoms with van der Waals surface area (Å²) < 4.78 is 26.1. The summed E-state index contributed by atoms with van der Waals surface area (Å²) in [6.07, 6.45) is 0. The van der Waals surface area contributed by atoms with Gasteiger partial charge in [-0.1, -0.05) is 25.1 Å². The average molecular weight is 305 g/mol. The van der Waals surface area contributed by atoms with Gasteiger partial charge in [0.05, 0.1) is 4.90 Å². The van der Waals surface area contributed by atoms with Crippen molar-refractivity contribution >= 4 is 21.4 Å². The molecule has 0 aliphatic heterocycles. The Morgan fingerprint density at radius 1 is 1.05 bits per heavy atom. The van der Waals surface area contributed by atoms with Gasteiger partial charge in [0.15, 0.2) is 0 Å². The van der Waals surface area contributed by atoms with Crippen molar-refractivity contribution in [2.24, 2.45) is 0 Å². The van der Waals surface area contributed by atoms with Gasteiger partial charge >= 0.3 is 0 Å². The third-order valence-corrected chi connectivity index (χ3v) is 4.60. The van der Waals surface area contributed by atoms with Crippen LogP contribution in [0.15, 0.2) is 53.4 Å². The Kier molecular flexibility index (Phi) is 4.82. The van der Waals surface area contributed by atoms with Crippen molar-refractivity contribution in [3.63, 3.8) is 0 Å². The first kappa shape index (κ1) is 15.3. The highest BCUT2D eigenvalue weighted by atomic mass is 32.2. The van der Waals surface area contributed by atoms with Crippen molar-refractivity contribution < 1.29 is 8.42 Å². The lowest BCUT2D eigenvalue weighted by atomic mass is 10.2. The molecule has 0 bridgehead atoms. The van der Waals surface area contributed by atoms with Gasteiger partial charge in [-0.2, -0.15) is 0 Å². The van der Waals surface area contributed by atoms with Crippen LogP contribution in [0, 0.1) is 0 Å².